The highest BCUT2D eigenvalue weighted by atomic mass is 16.5. The van der Waals surface area contributed by atoms with Gasteiger partial charge in [-0.05, 0) is 32.9 Å². The third kappa shape index (κ3) is 3.59. The minimum Gasteiger partial charge on any atom is -0.496 e. The predicted octanol–water partition coefficient (Wildman–Crippen LogP) is 2.68. The van der Waals surface area contributed by atoms with Gasteiger partial charge < -0.3 is 14.8 Å². The van der Waals surface area contributed by atoms with Crippen molar-refractivity contribution in [2.75, 3.05) is 19.5 Å². The highest BCUT2D eigenvalue weighted by Gasteiger charge is 2.14. The quantitative estimate of drug-likeness (QED) is 0.912. The van der Waals surface area contributed by atoms with Crippen molar-refractivity contribution in [2.45, 2.75) is 26.9 Å². The van der Waals surface area contributed by atoms with E-state index in [2.05, 4.69) is 20.3 Å². The number of rotatable bonds is 5. The van der Waals surface area contributed by atoms with Crippen LogP contribution in [0, 0.1) is 6.92 Å². The molecule has 0 aliphatic carbocycles. The first-order chi connectivity index (χ1) is 10.0. The average molecular weight is 288 g/mol. The molecule has 0 bridgehead atoms. The maximum Gasteiger partial charge on any atom is 0.322 e. The molecule has 0 aliphatic heterocycles. The number of methoxy groups -OCH3 is 1. The number of aromatic nitrogens is 3. The van der Waals surface area contributed by atoms with Gasteiger partial charge in [-0.2, -0.15) is 15.0 Å². The topological polar surface area (TPSA) is 69.2 Å². The number of nitrogens with one attached hydrogen (secondary N) is 1. The molecule has 1 aromatic heterocycles. The van der Waals surface area contributed by atoms with E-state index in [1.54, 1.807) is 14.2 Å². The van der Waals surface area contributed by atoms with E-state index in [-0.39, 0.29) is 6.10 Å². The third-order valence-corrected chi connectivity index (χ3v) is 2.78. The monoisotopic (exact) mass is 288 g/mol. The van der Waals surface area contributed by atoms with Crippen molar-refractivity contribution < 1.29 is 9.47 Å². The molecule has 0 fully saturated rings. The molecule has 112 valence electrons. The molecule has 1 aromatic carbocycles. The van der Waals surface area contributed by atoms with Crippen LogP contribution in [-0.2, 0) is 0 Å². The lowest BCUT2D eigenvalue weighted by atomic mass is 10.1. The van der Waals surface area contributed by atoms with Gasteiger partial charge in [0.15, 0.2) is 5.82 Å². The van der Waals surface area contributed by atoms with Crippen molar-refractivity contribution in [3.05, 3.63) is 23.8 Å². The van der Waals surface area contributed by atoms with Crippen LogP contribution in [0.5, 0.6) is 11.8 Å². The summed E-state index contributed by atoms with van der Waals surface area (Å²) in [6, 6.07) is 6.15. The van der Waals surface area contributed by atoms with Crippen LogP contribution in [0.25, 0.3) is 11.4 Å². The number of benzene rings is 1. The first kappa shape index (κ1) is 15.0. The number of hydrogen-bond acceptors (Lipinski definition) is 6. The van der Waals surface area contributed by atoms with Crippen molar-refractivity contribution in [3.8, 4) is 23.1 Å². The lowest BCUT2D eigenvalue weighted by molar-refractivity contribution is 0.222. The molecule has 2 rings (SSSR count). The SMILES string of the molecule is CNc1nc(OC(C)C)nc(-c2cc(C)ccc2OC)n1. The molecule has 0 saturated carbocycles. The second kappa shape index (κ2) is 6.39. The first-order valence-corrected chi connectivity index (χ1v) is 6.79. The van der Waals surface area contributed by atoms with Crippen LogP contribution >= 0.6 is 0 Å². The lowest BCUT2D eigenvalue weighted by Gasteiger charge is -2.12. The Kier molecular flexibility index (Phi) is 4.57. The summed E-state index contributed by atoms with van der Waals surface area (Å²) in [6.07, 6.45) is -0.00985. The first-order valence-electron chi connectivity index (χ1n) is 6.79. The van der Waals surface area contributed by atoms with E-state index in [9.17, 15) is 0 Å². The summed E-state index contributed by atoms with van der Waals surface area (Å²) in [4.78, 5) is 13.0. The van der Waals surface area contributed by atoms with E-state index in [1.807, 2.05) is 39.0 Å². The lowest BCUT2D eigenvalue weighted by Crippen LogP contribution is -2.11. The number of ether oxygens (including phenoxy) is 2. The molecule has 0 atom stereocenters. The zero-order valence-corrected chi connectivity index (χ0v) is 13.0. The van der Waals surface area contributed by atoms with Crippen LogP contribution in [-0.4, -0.2) is 35.2 Å². The third-order valence-electron chi connectivity index (χ3n) is 2.78. The van der Waals surface area contributed by atoms with Crippen LogP contribution in [0.4, 0.5) is 5.95 Å². The Morgan fingerprint density at radius 1 is 1.14 bits per heavy atom. The molecule has 0 aliphatic rings. The number of hydrogen-bond donors (Lipinski definition) is 1. The van der Waals surface area contributed by atoms with Crippen LogP contribution in [0.3, 0.4) is 0 Å². The van der Waals surface area contributed by atoms with Gasteiger partial charge >= 0.3 is 6.01 Å². The van der Waals surface area contributed by atoms with Crippen molar-refractivity contribution in [2.24, 2.45) is 0 Å². The minimum absolute atomic E-state index is 0.00985. The second-order valence-corrected chi connectivity index (χ2v) is 4.89. The summed E-state index contributed by atoms with van der Waals surface area (Å²) in [6.45, 7) is 5.86. The summed E-state index contributed by atoms with van der Waals surface area (Å²) in [5.74, 6) is 1.69. The largest absolute Gasteiger partial charge is 0.496 e. The fraction of sp³-hybridized carbons (Fsp3) is 0.400. The molecule has 6 heteroatoms. The molecule has 6 nitrogen and oxygen atoms in total. The second-order valence-electron chi connectivity index (χ2n) is 4.89. The van der Waals surface area contributed by atoms with Gasteiger partial charge in [0.2, 0.25) is 5.95 Å². The van der Waals surface area contributed by atoms with Crippen molar-refractivity contribution in [1.29, 1.82) is 0 Å². The van der Waals surface area contributed by atoms with Gasteiger partial charge in [-0.3, -0.25) is 0 Å². The van der Waals surface area contributed by atoms with Gasteiger partial charge in [-0.25, -0.2) is 0 Å². The molecular weight excluding hydrogens is 268 g/mol. The fourth-order valence-electron chi connectivity index (χ4n) is 1.85. The van der Waals surface area contributed by atoms with E-state index in [4.69, 9.17) is 9.47 Å². The minimum atomic E-state index is -0.00985. The zero-order chi connectivity index (χ0) is 15.4. The van der Waals surface area contributed by atoms with E-state index in [0.717, 1.165) is 11.1 Å². The van der Waals surface area contributed by atoms with Crippen LogP contribution < -0.4 is 14.8 Å². The normalized spacial score (nSPS) is 10.6. The van der Waals surface area contributed by atoms with Crippen LogP contribution in [0.15, 0.2) is 18.2 Å². The molecule has 1 N–H and O–H groups in total. The van der Waals surface area contributed by atoms with Crippen molar-refractivity contribution >= 4 is 5.95 Å². The van der Waals surface area contributed by atoms with E-state index >= 15 is 0 Å². The Bertz CT molecular complexity index is 629. The predicted molar refractivity (Wildman–Crippen MR) is 81.9 cm³/mol. The highest BCUT2D eigenvalue weighted by Crippen LogP contribution is 2.29. The molecule has 2 aromatic rings. The zero-order valence-electron chi connectivity index (χ0n) is 13.0. The molecule has 21 heavy (non-hydrogen) atoms. The number of anilines is 1. The summed E-state index contributed by atoms with van der Waals surface area (Å²) in [5.41, 5.74) is 1.91. The Morgan fingerprint density at radius 3 is 2.52 bits per heavy atom. The highest BCUT2D eigenvalue weighted by molar-refractivity contribution is 5.66. The van der Waals surface area contributed by atoms with Crippen molar-refractivity contribution in [3.63, 3.8) is 0 Å². The van der Waals surface area contributed by atoms with Gasteiger partial charge in [0.25, 0.3) is 0 Å². The summed E-state index contributed by atoms with van der Waals surface area (Å²) in [5, 5.41) is 2.92. The maximum atomic E-state index is 5.58. The standard InChI is InChI=1S/C15H20N4O2/c1-9(2)21-15-18-13(17-14(16-4)19-15)11-8-10(3)6-7-12(11)20-5/h6-9H,1-5H3,(H,16,17,18,19). The van der Waals surface area contributed by atoms with Gasteiger partial charge in [0.1, 0.15) is 5.75 Å². The van der Waals surface area contributed by atoms with Crippen molar-refractivity contribution in [1.82, 2.24) is 15.0 Å². The van der Waals surface area contributed by atoms with Gasteiger partial charge in [-0.15, -0.1) is 0 Å². The smallest absolute Gasteiger partial charge is 0.322 e. The Balaban J connectivity index is 2.54. The summed E-state index contributed by atoms with van der Waals surface area (Å²) >= 11 is 0. The van der Waals surface area contributed by atoms with Gasteiger partial charge in [0, 0.05) is 7.05 Å². The molecule has 0 saturated heterocycles. The van der Waals surface area contributed by atoms with E-state index in [1.165, 1.54) is 0 Å². The number of nitrogens with zero attached hydrogens (tertiary/aromatic N) is 3. The van der Waals surface area contributed by atoms with E-state index in [0.29, 0.717) is 23.5 Å². The number of aryl methyl sites for hydroxylation is 1. The van der Waals surface area contributed by atoms with Gasteiger partial charge in [0.05, 0.1) is 18.8 Å². The summed E-state index contributed by atoms with van der Waals surface area (Å²) in [7, 11) is 3.38. The molecule has 0 amide bonds. The molecule has 0 radical (unpaired) electrons. The van der Waals surface area contributed by atoms with Crippen LogP contribution in [0.1, 0.15) is 19.4 Å². The molecule has 1 heterocycles. The fourth-order valence-corrected chi connectivity index (χ4v) is 1.85. The maximum absolute atomic E-state index is 5.58. The molecule has 0 spiro atoms. The molecular formula is C15H20N4O2. The van der Waals surface area contributed by atoms with Crippen LogP contribution in [0.2, 0.25) is 0 Å². The van der Waals surface area contributed by atoms with Gasteiger partial charge in [-0.1, -0.05) is 11.6 Å². The average Bonchev–Trinajstić information content (AvgIpc) is 2.46. The Labute approximate surface area is 124 Å². The van der Waals surface area contributed by atoms with E-state index < -0.39 is 0 Å². The molecule has 0 unspecified atom stereocenters. The Hall–Kier alpha value is -2.37. The summed E-state index contributed by atoms with van der Waals surface area (Å²) < 4.78 is 11.0. The Morgan fingerprint density at radius 2 is 1.90 bits per heavy atom.